The van der Waals surface area contributed by atoms with E-state index < -0.39 is 11.8 Å². The van der Waals surface area contributed by atoms with Crippen LogP contribution in [0, 0.1) is 5.92 Å². The summed E-state index contributed by atoms with van der Waals surface area (Å²) in [5.74, 6) is 0.154. The van der Waals surface area contributed by atoms with Crippen LogP contribution in [0.1, 0.15) is 44.2 Å². The summed E-state index contributed by atoms with van der Waals surface area (Å²) in [7, 11) is 1.60. The molecule has 0 spiro atoms. The number of rotatable bonds is 11. The Morgan fingerprint density at radius 2 is 1.76 bits per heavy atom. The van der Waals surface area contributed by atoms with Crippen molar-refractivity contribution < 1.29 is 23.9 Å². The molecule has 8 heteroatoms. The molecule has 0 aliphatic carbocycles. The number of nitrogens with zero attached hydrogens (tertiary/aromatic N) is 1. The van der Waals surface area contributed by atoms with Crippen molar-refractivity contribution in [2.45, 2.75) is 38.6 Å². The summed E-state index contributed by atoms with van der Waals surface area (Å²) >= 11 is 0. The molecule has 33 heavy (non-hydrogen) atoms. The fraction of sp³-hybridized carbons (Fsp3) is 0.400. The molecule has 0 radical (unpaired) electrons. The number of primary amides is 1. The van der Waals surface area contributed by atoms with E-state index in [2.05, 4.69) is 12.2 Å². The highest BCUT2D eigenvalue weighted by Crippen LogP contribution is 2.39. The van der Waals surface area contributed by atoms with Crippen LogP contribution in [0.3, 0.4) is 0 Å². The van der Waals surface area contributed by atoms with Crippen LogP contribution in [-0.2, 0) is 14.4 Å². The number of carbonyl (C=O) groups is 3. The van der Waals surface area contributed by atoms with Crippen molar-refractivity contribution in [3.05, 3.63) is 54.1 Å². The molecule has 2 aromatic rings. The Kier molecular flexibility index (Phi) is 8.29. The second-order valence-corrected chi connectivity index (χ2v) is 8.05. The van der Waals surface area contributed by atoms with Crippen LogP contribution in [0.2, 0.25) is 0 Å². The minimum atomic E-state index is -0.505. The van der Waals surface area contributed by atoms with Crippen LogP contribution in [0.25, 0.3) is 0 Å². The first kappa shape index (κ1) is 24.1. The second kappa shape index (κ2) is 11.4. The summed E-state index contributed by atoms with van der Waals surface area (Å²) in [6.07, 6.45) is 2.14. The first-order valence-electron chi connectivity index (χ1n) is 11.2. The first-order valence-corrected chi connectivity index (χ1v) is 11.2. The van der Waals surface area contributed by atoms with Crippen molar-refractivity contribution in [3.8, 4) is 11.5 Å². The lowest BCUT2D eigenvalue weighted by Crippen LogP contribution is -2.33. The van der Waals surface area contributed by atoms with Crippen LogP contribution < -0.4 is 20.5 Å². The summed E-state index contributed by atoms with van der Waals surface area (Å²) in [5, 5.41) is 2.93. The highest BCUT2D eigenvalue weighted by atomic mass is 16.5. The van der Waals surface area contributed by atoms with Crippen LogP contribution in [0.15, 0.2) is 48.5 Å². The Balaban J connectivity index is 1.73. The number of unbranched alkanes of at least 4 members (excludes halogenated alkanes) is 1. The zero-order valence-corrected chi connectivity index (χ0v) is 19.1. The quantitative estimate of drug-likeness (QED) is 0.542. The highest BCUT2D eigenvalue weighted by molar-refractivity contribution is 5.98. The first-order chi connectivity index (χ1) is 15.9. The van der Waals surface area contributed by atoms with E-state index in [0.717, 1.165) is 24.2 Å². The number of hydrogen-bond donors (Lipinski definition) is 2. The number of methoxy groups -OCH3 is 1. The fourth-order valence-corrected chi connectivity index (χ4v) is 3.97. The van der Waals surface area contributed by atoms with E-state index >= 15 is 0 Å². The standard InChI is InChI=1S/C25H31N3O5/c1-3-4-14-28-23(30)16-21(24(28)17-5-9-19(32-2)10-6-17)25(31)27-18-7-11-20(12-8-18)33-15-13-22(26)29/h5-12,21,24H,3-4,13-16H2,1-2H3,(H2,26,29)(H,27,31). The predicted molar refractivity (Wildman–Crippen MR) is 125 cm³/mol. The lowest BCUT2D eigenvalue weighted by molar-refractivity contribution is -0.129. The maximum Gasteiger partial charge on any atom is 0.230 e. The third kappa shape index (κ3) is 6.25. The normalized spacial score (nSPS) is 17.6. The van der Waals surface area contributed by atoms with Crippen molar-refractivity contribution in [2.75, 3.05) is 25.6 Å². The van der Waals surface area contributed by atoms with Gasteiger partial charge in [-0.05, 0) is 48.4 Å². The van der Waals surface area contributed by atoms with Crippen LogP contribution in [0.4, 0.5) is 5.69 Å². The van der Waals surface area contributed by atoms with Gasteiger partial charge in [-0.3, -0.25) is 14.4 Å². The molecule has 0 bridgehead atoms. The number of benzene rings is 2. The van der Waals surface area contributed by atoms with Crippen molar-refractivity contribution in [3.63, 3.8) is 0 Å². The molecule has 2 aromatic carbocycles. The maximum atomic E-state index is 13.2. The monoisotopic (exact) mass is 453 g/mol. The molecule has 1 fully saturated rings. The van der Waals surface area contributed by atoms with Gasteiger partial charge in [0.1, 0.15) is 11.5 Å². The molecule has 0 aromatic heterocycles. The maximum absolute atomic E-state index is 13.2. The number of carbonyl (C=O) groups excluding carboxylic acids is 3. The molecule has 1 aliphatic heterocycles. The topological polar surface area (TPSA) is 111 Å². The van der Waals surface area contributed by atoms with Crippen molar-refractivity contribution in [2.24, 2.45) is 11.7 Å². The number of nitrogens with one attached hydrogen (secondary N) is 1. The lowest BCUT2D eigenvalue weighted by atomic mass is 9.92. The number of anilines is 1. The van der Waals surface area contributed by atoms with Gasteiger partial charge in [-0.15, -0.1) is 0 Å². The summed E-state index contributed by atoms with van der Waals surface area (Å²) in [6.45, 7) is 2.89. The average Bonchev–Trinajstić information content (AvgIpc) is 3.14. The Labute approximate surface area is 194 Å². The van der Waals surface area contributed by atoms with Gasteiger partial charge in [-0.2, -0.15) is 0 Å². The molecule has 3 amide bonds. The number of ether oxygens (including phenoxy) is 2. The average molecular weight is 454 g/mol. The van der Waals surface area contributed by atoms with E-state index in [-0.39, 0.29) is 37.3 Å². The van der Waals surface area contributed by atoms with E-state index in [1.165, 1.54) is 0 Å². The second-order valence-electron chi connectivity index (χ2n) is 8.05. The molecule has 3 rings (SSSR count). The Morgan fingerprint density at radius 3 is 2.36 bits per heavy atom. The molecule has 1 aliphatic rings. The highest BCUT2D eigenvalue weighted by Gasteiger charge is 2.44. The zero-order valence-electron chi connectivity index (χ0n) is 19.1. The molecule has 8 nitrogen and oxygen atoms in total. The van der Waals surface area contributed by atoms with Crippen LogP contribution in [0.5, 0.6) is 11.5 Å². The van der Waals surface area contributed by atoms with Gasteiger partial charge in [0.05, 0.1) is 32.1 Å². The minimum absolute atomic E-state index is 0.0115. The van der Waals surface area contributed by atoms with Gasteiger partial charge in [0.25, 0.3) is 0 Å². The molecule has 0 saturated carbocycles. The minimum Gasteiger partial charge on any atom is -0.497 e. The number of nitrogens with two attached hydrogens (primary N) is 1. The third-order valence-electron chi connectivity index (χ3n) is 5.72. The molecular formula is C25H31N3O5. The van der Waals surface area contributed by atoms with Crippen molar-refractivity contribution in [1.82, 2.24) is 4.90 Å². The molecule has 2 unspecified atom stereocenters. The fourth-order valence-electron chi connectivity index (χ4n) is 3.97. The van der Waals surface area contributed by atoms with Gasteiger partial charge in [-0.25, -0.2) is 0 Å². The lowest BCUT2D eigenvalue weighted by Gasteiger charge is -2.28. The Hall–Kier alpha value is -3.55. The van der Waals surface area contributed by atoms with E-state index in [9.17, 15) is 14.4 Å². The zero-order chi connectivity index (χ0) is 23.8. The summed E-state index contributed by atoms with van der Waals surface area (Å²) in [4.78, 5) is 38.7. The van der Waals surface area contributed by atoms with Gasteiger partial charge in [0, 0.05) is 18.7 Å². The number of hydrogen-bond acceptors (Lipinski definition) is 5. The summed E-state index contributed by atoms with van der Waals surface area (Å²) < 4.78 is 10.7. The number of likely N-dealkylation sites (tertiary alicyclic amines) is 1. The van der Waals surface area contributed by atoms with Gasteiger partial charge in [0.2, 0.25) is 17.7 Å². The van der Waals surface area contributed by atoms with Crippen molar-refractivity contribution in [1.29, 1.82) is 0 Å². The SMILES string of the molecule is CCCCN1C(=O)CC(C(=O)Nc2ccc(OCCC(N)=O)cc2)C1c1ccc(OC)cc1. The van der Waals surface area contributed by atoms with Crippen molar-refractivity contribution >= 4 is 23.4 Å². The molecule has 1 saturated heterocycles. The predicted octanol–water partition coefficient (Wildman–Crippen LogP) is 3.28. The molecule has 176 valence electrons. The smallest absolute Gasteiger partial charge is 0.230 e. The largest absolute Gasteiger partial charge is 0.497 e. The molecule has 2 atom stereocenters. The van der Waals surface area contributed by atoms with Crippen LogP contribution in [-0.4, -0.2) is 42.9 Å². The van der Waals surface area contributed by atoms with E-state index in [1.54, 1.807) is 31.4 Å². The summed E-state index contributed by atoms with van der Waals surface area (Å²) in [6, 6.07) is 14.1. The molecule has 1 heterocycles. The summed E-state index contributed by atoms with van der Waals surface area (Å²) in [5.41, 5.74) is 6.63. The van der Waals surface area contributed by atoms with Gasteiger partial charge in [-0.1, -0.05) is 25.5 Å². The molecule has 3 N–H and O–H groups in total. The third-order valence-corrected chi connectivity index (χ3v) is 5.72. The van der Waals surface area contributed by atoms with Gasteiger partial charge >= 0.3 is 0 Å². The van der Waals surface area contributed by atoms with E-state index in [4.69, 9.17) is 15.2 Å². The van der Waals surface area contributed by atoms with Gasteiger partial charge in [0.15, 0.2) is 0 Å². The molecular weight excluding hydrogens is 422 g/mol. The van der Waals surface area contributed by atoms with Crippen LogP contribution >= 0.6 is 0 Å². The Morgan fingerprint density at radius 1 is 1.09 bits per heavy atom. The Bertz CT molecular complexity index is 959. The van der Waals surface area contributed by atoms with E-state index in [0.29, 0.717) is 18.0 Å². The van der Waals surface area contributed by atoms with Gasteiger partial charge < -0.3 is 25.4 Å². The van der Waals surface area contributed by atoms with E-state index in [1.807, 2.05) is 29.2 Å². The number of amides is 3.